The number of hydrogen-bond acceptors (Lipinski definition) is 3. The minimum atomic E-state index is 0. The lowest BCUT2D eigenvalue weighted by Crippen LogP contribution is -2.16. The van der Waals surface area contributed by atoms with Crippen LogP contribution in [0.4, 0.5) is 0 Å². The van der Waals surface area contributed by atoms with Gasteiger partial charge in [-0.25, -0.2) is 4.68 Å². The van der Waals surface area contributed by atoms with Crippen molar-refractivity contribution < 1.29 is 4.74 Å². The van der Waals surface area contributed by atoms with Crippen LogP contribution in [0.15, 0.2) is 36.4 Å². The van der Waals surface area contributed by atoms with Gasteiger partial charge >= 0.3 is 0 Å². The lowest BCUT2D eigenvalue weighted by atomic mass is 9.96. The molecule has 0 atom stereocenters. The molecule has 4 nitrogen and oxygen atoms in total. The van der Waals surface area contributed by atoms with Crippen LogP contribution in [0.1, 0.15) is 55.8 Å². The molecule has 2 aromatic rings. The third kappa shape index (κ3) is 5.75. The Labute approximate surface area is 157 Å². The Hall–Kier alpha value is -1.52. The second-order valence-corrected chi connectivity index (χ2v) is 6.68. The van der Waals surface area contributed by atoms with Crippen molar-refractivity contribution in [3.63, 3.8) is 0 Å². The van der Waals surface area contributed by atoms with E-state index < -0.39 is 0 Å². The summed E-state index contributed by atoms with van der Waals surface area (Å²) in [5.74, 6) is 0.945. The fraction of sp³-hybridized carbons (Fsp3) is 0.550. The number of nitrogens with zero attached hydrogens (tertiary/aromatic N) is 2. The van der Waals surface area contributed by atoms with Crippen LogP contribution in [0.25, 0.3) is 0 Å². The fourth-order valence-corrected chi connectivity index (χ4v) is 3.49. The normalized spacial score (nSPS) is 14.9. The topological polar surface area (TPSA) is 39.1 Å². The number of nitrogens with one attached hydrogen (secondary N) is 1. The third-order valence-corrected chi connectivity index (χ3v) is 4.73. The quantitative estimate of drug-likeness (QED) is 0.700. The predicted molar refractivity (Wildman–Crippen MR) is 105 cm³/mol. The molecule has 1 aliphatic rings. The molecule has 0 saturated heterocycles. The van der Waals surface area contributed by atoms with Gasteiger partial charge in [0.15, 0.2) is 0 Å². The van der Waals surface area contributed by atoms with Crippen LogP contribution >= 0.6 is 12.4 Å². The summed E-state index contributed by atoms with van der Waals surface area (Å²) in [5, 5.41) is 7.97. The zero-order valence-corrected chi connectivity index (χ0v) is 15.9. The van der Waals surface area contributed by atoms with Crippen molar-refractivity contribution in [2.24, 2.45) is 0 Å². The van der Waals surface area contributed by atoms with Crippen molar-refractivity contribution >= 4 is 12.4 Å². The number of halogens is 1. The van der Waals surface area contributed by atoms with Gasteiger partial charge < -0.3 is 10.1 Å². The minimum absolute atomic E-state index is 0. The molecule has 5 heteroatoms. The molecule has 1 N–H and O–H groups in total. The van der Waals surface area contributed by atoms with Crippen molar-refractivity contribution in [3.8, 4) is 5.88 Å². The Kier molecular flexibility index (Phi) is 8.29. The summed E-state index contributed by atoms with van der Waals surface area (Å²) in [6.45, 7) is 1.53. The average molecular weight is 364 g/mol. The van der Waals surface area contributed by atoms with Crippen LogP contribution in [0.3, 0.4) is 0 Å². The first-order valence-electron chi connectivity index (χ1n) is 9.26. The van der Waals surface area contributed by atoms with Crippen molar-refractivity contribution in [2.75, 3.05) is 13.7 Å². The van der Waals surface area contributed by atoms with E-state index in [1.165, 1.54) is 37.7 Å². The Morgan fingerprint density at radius 2 is 1.92 bits per heavy atom. The summed E-state index contributed by atoms with van der Waals surface area (Å²) < 4.78 is 8.26. The van der Waals surface area contributed by atoms with Crippen molar-refractivity contribution in [1.82, 2.24) is 15.1 Å². The molecule has 25 heavy (non-hydrogen) atoms. The first-order valence-corrected chi connectivity index (χ1v) is 9.26. The molecule has 1 aromatic heterocycles. The molecule has 0 aliphatic heterocycles. The maximum atomic E-state index is 6.11. The monoisotopic (exact) mass is 363 g/mol. The second-order valence-electron chi connectivity index (χ2n) is 6.68. The fourth-order valence-electron chi connectivity index (χ4n) is 3.49. The highest BCUT2D eigenvalue weighted by Crippen LogP contribution is 2.31. The summed E-state index contributed by atoms with van der Waals surface area (Å²) in [6.07, 6.45) is 8.50. The van der Waals surface area contributed by atoms with Gasteiger partial charge in [0.25, 0.3) is 0 Å². The summed E-state index contributed by atoms with van der Waals surface area (Å²) in [4.78, 5) is 0. The summed E-state index contributed by atoms with van der Waals surface area (Å²) >= 11 is 0. The van der Waals surface area contributed by atoms with Crippen LogP contribution < -0.4 is 10.1 Å². The number of benzene rings is 1. The van der Waals surface area contributed by atoms with Crippen LogP contribution in [0.2, 0.25) is 0 Å². The first kappa shape index (κ1) is 19.8. The maximum absolute atomic E-state index is 6.11. The van der Waals surface area contributed by atoms with Gasteiger partial charge in [-0.2, -0.15) is 5.10 Å². The Morgan fingerprint density at radius 1 is 1.16 bits per heavy atom. The van der Waals surface area contributed by atoms with Crippen molar-refractivity contribution in [3.05, 3.63) is 47.7 Å². The van der Waals surface area contributed by atoms with E-state index in [0.717, 1.165) is 37.6 Å². The molecule has 0 unspecified atom stereocenters. The second kappa shape index (κ2) is 10.5. The van der Waals surface area contributed by atoms with Crippen LogP contribution in [-0.2, 0) is 13.0 Å². The van der Waals surface area contributed by atoms with E-state index in [1.807, 2.05) is 7.05 Å². The van der Waals surface area contributed by atoms with E-state index in [-0.39, 0.29) is 12.4 Å². The van der Waals surface area contributed by atoms with Gasteiger partial charge in [-0.15, -0.1) is 12.4 Å². The van der Waals surface area contributed by atoms with E-state index in [0.29, 0.717) is 6.04 Å². The first-order chi connectivity index (χ1) is 11.9. The lowest BCUT2D eigenvalue weighted by molar-refractivity contribution is 0.242. The molecule has 1 saturated carbocycles. The molecule has 1 heterocycles. The van der Waals surface area contributed by atoms with Gasteiger partial charge in [0.05, 0.1) is 18.3 Å². The van der Waals surface area contributed by atoms with Gasteiger partial charge in [-0.1, -0.05) is 49.6 Å². The molecular formula is C20H30ClN3O. The number of aromatic nitrogens is 2. The molecule has 0 spiro atoms. The number of aryl methyl sites for hydroxylation is 1. The molecule has 138 valence electrons. The smallest absolute Gasteiger partial charge is 0.212 e. The number of rotatable bonds is 8. The number of hydrogen-bond donors (Lipinski definition) is 1. The third-order valence-electron chi connectivity index (χ3n) is 4.73. The molecule has 0 radical (unpaired) electrons. The van der Waals surface area contributed by atoms with E-state index in [1.54, 1.807) is 0 Å². The van der Waals surface area contributed by atoms with Crippen LogP contribution in [-0.4, -0.2) is 23.4 Å². The molecular weight excluding hydrogens is 334 g/mol. The summed E-state index contributed by atoms with van der Waals surface area (Å²) in [6, 6.07) is 13.2. The van der Waals surface area contributed by atoms with Crippen LogP contribution in [0.5, 0.6) is 5.88 Å². The van der Waals surface area contributed by atoms with Gasteiger partial charge in [0, 0.05) is 12.6 Å². The summed E-state index contributed by atoms with van der Waals surface area (Å²) in [5.41, 5.74) is 2.44. The average Bonchev–Trinajstić information content (AvgIpc) is 3.03. The van der Waals surface area contributed by atoms with E-state index >= 15 is 0 Å². The zero-order valence-electron chi connectivity index (χ0n) is 15.1. The predicted octanol–water partition coefficient (Wildman–Crippen LogP) is 4.54. The highest BCUT2D eigenvalue weighted by Gasteiger charge is 2.20. The Bertz CT molecular complexity index is 609. The van der Waals surface area contributed by atoms with Crippen molar-refractivity contribution in [2.45, 2.75) is 57.5 Å². The van der Waals surface area contributed by atoms with Gasteiger partial charge in [-0.05, 0) is 38.3 Å². The largest absolute Gasteiger partial charge is 0.478 e. The maximum Gasteiger partial charge on any atom is 0.212 e. The van der Waals surface area contributed by atoms with Gasteiger partial charge in [0.2, 0.25) is 5.88 Å². The van der Waals surface area contributed by atoms with E-state index in [2.05, 4.69) is 46.4 Å². The lowest BCUT2D eigenvalue weighted by Gasteiger charge is -2.23. The minimum Gasteiger partial charge on any atom is -0.478 e. The molecule has 1 aromatic carbocycles. The molecule has 3 rings (SSSR count). The Balaban J connectivity index is 0.00000225. The number of ether oxygens (including phenoxy) is 1. The highest BCUT2D eigenvalue weighted by molar-refractivity contribution is 5.85. The molecule has 0 bridgehead atoms. The SMILES string of the molecule is CNCc1cc(OCCCc2ccccc2)n(C2CCCCC2)n1.Cl. The summed E-state index contributed by atoms with van der Waals surface area (Å²) in [7, 11) is 1.96. The van der Waals surface area contributed by atoms with Gasteiger partial charge in [0.1, 0.15) is 0 Å². The zero-order chi connectivity index (χ0) is 16.6. The van der Waals surface area contributed by atoms with E-state index in [4.69, 9.17) is 9.84 Å². The highest BCUT2D eigenvalue weighted by atomic mass is 35.5. The molecule has 0 amide bonds. The van der Waals surface area contributed by atoms with Crippen LogP contribution in [0, 0.1) is 0 Å². The van der Waals surface area contributed by atoms with Crippen molar-refractivity contribution in [1.29, 1.82) is 0 Å². The Morgan fingerprint density at radius 3 is 2.64 bits per heavy atom. The van der Waals surface area contributed by atoms with Gasteiger partial charge in [-0.3, -0.25) is 0 Å². The molecule has 1 fully saturated rings. The molecule has 1 aliphatic carbocycles. The standard InChI is InChI=1S/C20H29N3O.ClH/c1-21-16-18-15-20(23(22-18)19-12-6-3-7-13-19)24-14-8-11-17-9-4-2-5-10-17;/h2,4-5,9-10,15,19,21H,3,6-8,11-14,16H2,1H3;1H. The van der Waals surface area contributed by atoms with E-state index in [9.17, 15) is 0 Å².